The van der Waals surface area contributed by atoms with E-state index in [-0.39, 0.29) is 11.4 Å². The van der Waals surface area contributed by atoms with E-state index < -0.39 is 13.7 Å². The molecule has 0 aromatic carbocycles. The third-order valence-electron chi connectivity index (χ3n) is 4.95. The van der Waals surface area contributed by atoms with E-state index in [0.717, 1.165) is 12.8 Å². The van der Waals surface area contributed by atoms with Crippen molar-refractivity contribution in [3.8, 4) is 0 Å². The molecule has 0 fully saturated rings. The highest BCUT2D eigenvalue weighted by Gasteiger charge is 2.31. The van der Waals surface area contributed by atoms with Gasteiger partial charge in [0.25, 0.3) is 0 Å². The maximum absolute atomic E-state index is 11.8. The first-order chi connectivity index (χ1) is 9.99. The van der Waals surface area contributed by atoms with Crippen LogP contribution in [0, 0.1) is 5.41 Å². The first-order valence-corrected chi connectivity index (χ1v) is 11.7. The van der Waals surface area contributed by atoms with E-state index in [0.29, 0.717) is 6.42 Å². The van der Waals surface area contributed by atoms with Crippen LogP contribution in [0.15, 0.2) is 0 Å². The highest BCUT2D eigenvalue weighted by molar-refractivity contribution is 6.79. The molecule has 0 rings (SSSR count). The second-order valence-corrected chi connectivity index (χ2v) is 14.0. The quantitative estimate of drug-likeness (QED) is 0.281. The molecule has 0 amide bonds. The standard InChI is InChI=1S/C18H38O3Si/c1-9-22(10-2,11-3)15-14-18(7,8)21-20-16(19)12-13-17(4,5)6/h9-15H2,1-8H3. The Hall–Kier alpha value is -0.353. The predicted octanol–water partition coefficient (Wildman–Crippen LogP) is 5.96. The molecule has 0 radical (unpaired) electrons. The van der Waals surface area contributed by atoms with Crippen molar-refractivity contribution in [3.05, 3.63) is 0 Å². The smallest absolute Gasteiger partial charge is 0.298 e. The van der Waals surface area contributed by atoms with Crippen LogP contribution in [0.5, 0.6) is 0 Å². The van der Waals surface area contributed by atoms with Gasteiger partial charge in [-0.15, -0.1) is 0 Å². The van der Waals surface area contributed by atoms with Gasteiger partial charge >= 0.3 is 5.97 Å². The van der Waals surface area contributed by atoms with E-state index in [1.54, 1.807) is 0 Å². The summed E-state index contributed by atoms with van der Waals surface area (Å²) in [5, 5.41) is 0. The van der Waals surface area contributed by atoms with Crippen molar-refractivity contribution in [2.45, 2.75) is 104 Å². The fourth-order valence-corrected chi connectivity index (χ4v) is 6.26. The predicted molar refractivity (Wildman–Crippen MR) is 96.6 cm³/mol. The summed E-state index contributed by atoms with van der Waals surface area (Å²) >= 11 is 0. The van der Waals surface area contributed by atoms with Gasteiger partial charge in [0, 0.05) is 6.42 Å². The van der Waals surface area contributed by atoms with E-state index >= 15 is 0 Å². The zero-order chi connectivity index (χ0) is 17.4. The average molecular weight is 331 g/mol. The highest BCUT2D eigenvalue weighted by atomic mass is 28.3. The molecule has 0 unspecified atom stereocenters. The van der Waals surface area contributed by atoms with Crippen LogP contribution in [0.3, 0.4) is 0 Å². The summed E-state index contributed by atoms with van der Waals surface area (Å²) in [4.78, 5) is 22.3. The molecular weight excluding hydrogens is 292 g/mol. The number of rotatable bonds is 10. The van der Waals surface area contributed by atoms with Crippen LogP contribution in [0.1, 0.15) is 74.7 Å². The van der Waals surface area contributed by atoms with E-state index in [1.807, 2.05) is 13.8 Å². The fraction of sp³-hybridized carbons (Fsp3) is 0.944. The van der Waals surface area contributed by atoms with Crippen LogP contribution >= 0.6 is 0 Å². The van der Waals surface area contributed by atoms with E-state index in [4.69, 9.17) is 9.78 Å². The molecule has 0 heterocycles. The Balaban J connectivity index is 4.27. The fourth-order valence-electron chi connectivity index (χ4n) is 2.57. The lowest BCUT2D eigenvalue weighted by atomic mass is 9.91. The maximum atomic E-state index is 11.8. The molecule has 0 aliphatic carbocycles. The van der Waals surface area contributed by atoms with Crippen molar-refractivity contribution in [1.82, 2.24) is 0 Å². The lowest BCUT2D eigenvalue weighted by Crippen LogP contribution is -2.35. The zero-order valence-electron chi connectivity index (χ0n) is 16.2. The van der Waals surface area contributed by atoms with Crippen LogP contribution < -0.4 is 0 Å². The number of carbonyl (C=O) groups excluding carboxylic acids is 1. The normalized spacial score (nSPS) is 13.3. The SMILES string of the molecule is CC[Si](CC)(CC)CCC(C)(C)OOC(=O)CCC(C)(C)C. The Morgan fingerprint density at radius 3 is 1.82 bits per heavy atom. The molecule has 132 valence electrons. The third-order valence-corrected chi connectivity index (χ3v) is 10.8. The van der Waals surface area contributed by atoms with Crippen molar-refractivity contribution in [2.75, 3.05) is 0 Å². The van der Waals surface area contributed by atoms with Gasteiger partial charge in [-0.2, -0.15) is 4.89 Å². The zero-order valence-corrected chi connectivity index (χ0v) is 17.2. The highest BCUT2D eigenvalue weighted by Crippen LogP contribution is 2.31. The summed E-state index contributed by atoms with van der Waals surface area (Å²) in [5.41, 5.74) is -0.252. The van der Waals surface area contributed by atoms with Gasteiger partial charge in [0.15, 0.2) is 0 Å². The summed E-state index contributed by atoms with van der Waals surface area (Å²) in [7, 11) is -1.14. The summed E-state index contributed by atoms with van der Waals surface area (Å²) in [6.45, 7) is 17.4. The average Bonchev–Trinajstić information content (AvgIpc) is 2.44. The van der Waals surface area contributed by atoms with Gasteiger partial charge in [-0.05, 0) is 32.1 Å². The first kappa shape index (κ1) is 21.6. The largest absolute Gasteiger partial charge is 0.342 e. The van der Waals surface area contributed by atoms with Crippen LogP contribution in [-0.4, -0.2) is 19.6 Å². The lowest BCUT2D eigenvalue weighted by molar-refractivity contribution is -0.325. The van der Waals surface area contributed by atoms with Crippen molar-refractivity contribution in [2.24, 2.45) is 5.41 Å². The molecule has 4 heteroatoms. The van der Waals surface area contributed by atoms with Crippen LogP contribution in [0.4, 0.5) is 0 Å². The Labute approximate surface area is 139 Å². The Bertz CT molecular complexity index is 319. The molecule has 0 aliphatic heterocycles. The summed E-state index contributed by atoms with van der Waals surface area (Å²) in [6.07, 6.45) is 2.19. The molecular formula is C18H38O3Si. The maximum Gasteiger partial charge on any atom is 0.342 e. The van der Waals surface area contributed by atoms with Crippen LogP contribution in [0.25, 0.3) is 0 Å². The minimum Gasteiger partial charge on any atom is -0.298 e. The first-order valence-electron chi connectivity index (χ1n) is 8.88. The Kier molecular flexibility index (Phi) is 8.92. The van der Waals surface area contributed by atoms with Crippen molar-refractivity contribution < 1.29 is 14.6 Å². The number of hydrogen-bond donors (Lipinski definition) is 0. The van der Waals surface area contributed by atoms with Gasteiger partial charge in [-0.3, -0.25) is 4.89 Å². The van der Waals surface area contributed by atoms with Gasteiger partial charge in [0.2, 0.25) is 0 Å². The molecule has 0 aliphatic rings. The van der Waals surface area contributed by atoms with Crippen molar-refractivity contribution >= 4 is 14.0 Å². The number of hydrogen-bond acceptors (Lipinski definition) is 3. The Morgan fingerprint density at radius 2 is 1.41 bits per heavy atom. The van der Waals surface area contributed by atoms with Gasteiger partial charge < -0.3 is 0 Å². The lowest BCUT2D eigenvalue weighted by Gasteiger charge is -2.32. The van der Waals surface area contributed by atoms with Gasteiger partial charge in [-0.25, -0.2) is 4.79 Å². The summed E-state index contributed by atoms with van der Waals surface area (Å²) in [6, 6.07) is 5.20. The second kappa shape index (κ2) is 9.07. The molecule has 3 nitrogen and oxygen atoms in total. The van der Waals surface area contributed by atoms with Crippen LogP contribution in [0.2, 0.25) is 24.2 Å². The van der Waals surface area contributed by atoms with Crippen molar-refractivity contribution in [1.29, 1.82) is 0 Å². The van der Waals surface area contributed by atoms with Crippen LogP contribution in [-0.2, 0) is 14.6 Å². The third kappa shape index (κ3) is 8.94. The van der Waals surface area contributed by atoms with E-state index in [9.17, 15) is 4.79 Å². The minimum absolute atomic E-state index is 0.142. The molecule has 0 bridgehead atoms. The molecule has 0 saturated carbocycles. The Morgan fingerprint density at radius 1 is 0.909 bits per heavy atom. The van der Waals surface area contributed by atoms with E-state index in [2.05, 4.69) is 41.5 Å². The molecule has 0 saturated heterocycles. The topological polar surface area (TPSA) is 35.5 Å². The number of carbonyl (C=O) groups is 1. The van der Waals surface area contributed by atoms with Gasteiger partial charge in [0.1, 0.15) is 5.60 Å². The monoisotopic (exact) mass is 330 g/mol. The van der Waals surface area contributed by atoms with Gasteiger partial charge in [0.05, 0.1) is 8.07 Å². The molecule has 0 atom stereocenters. The van der Waals surface area contributed by atoms with Gasteiger partial charge in [-0.1, -0.05) is 65.7 Å². The summed E-state index contributed by atoms with van der Waals surface area (Å²) in [5.74, 6) is -0.256. The molecule has 0 N–H and O–H groups in total. The van der Waals surface area contributed by atoms with Crippen molar-refractivity contribution in [3.63, 3.8) is 0 Å². The molecule has 0 aromatic rings. The molecule has 22 heavy (non-hydrogen) atoms. The minimum atomic E-state index is -1.14. The molecule has 0 aromatic heterocycles. The second-order valence-electron chi connectivity index (χ2n) is 8.42. The molecule has 0 spiro atoms. The van der Waals surface area contributed by atoms with E-state index in [1.165, 1.54) is 24.2 Å². The summed E-state index contributed by atoms with van der Waals surface area (Å²) < 4.78 is 0.